The fraction of sp³-hybridized carbons (Fsp3) is 0.235. The van der Waals surface area contributed by atoms with Gasteiger partial charge in [-0.25, -0.2) is 9.37 Å². The molecule has 3 rings (SSSR count). The number of hydrogen-bond acceptors (Lipinski definition) is 5. The molecule has 26 heavy (non-hydrogen) atoms. The smallest absolute Gasteiger partial charge is 0.266 e. The molecule has 0 fully saturated rings. The number of nitrogens with zero attached hydrogens (tertiary/aromatic N) is 3. The summed E-state index contributed by atoms with van der Waals surface area (Å²) in [5.74, 6) is -0.878. The summed E-state index contributed by atoms with van der Waals surface area (Å²) in [6.45, 7) is 3.83. The second-order valence-electron chi connectivity index (χ2n) is 6.05. The van der Waals surface area contributed by atoms with Gasteiger partial charge in [0.15, 0.2) is 12.4 Å². The first-order valence-electron chi connectivity index (χ1n) is 7.77. The molecule has 0 aliphatic carbocycles. The van der Waals surface area contributed by atoms with Crippen LogP contribution in [-0.2, 0) is 6.80 Å². The van der Waals surface area contributed by atoms with Gasteiger partial charge in [0.1, 0.15) is 17.4 Å². The number of amides is 1. The highest BCUT2D eigenvalue weighted by molar-refractivity contribution is 6.10. The van der Waals surface area contributed by atoms with Crippen molar-refractivity contribution in [2.24, 2.45) is 5.73 Å². The van der Waals surface area contributed by atoms with Crippen LogP contribution in [0.2, 0.25) is 0 Å². The number of carbonyl (C=O) groups excluding carboxylic acids is 1. The highest BCUT2D eigenvalue weighted by Gasteiger charge is 2.27. The van der Waals surface area contributed by atoms with E-state index in [9.17, 15) is 19.1 Å². The Morgan fingerprint density at radius 3 is 2.54 bits per heavy atom. The highest BCUT2D eigenvalue weighted by Crippen LogP contribution is 2.34. The Morgan fingerprint density at radius 2 is 1.96 bits per heavy atom. The van der Waals surface area contributed by atoms with Crippen molar-refractivity contribution in [3.05, 3.63) is 45.0 Å². The Hall–Kier alpha value is -3.36. The molecule has 0 bridgehead atoms. The minimum absolute atomic E-state index is 0.0151. The number of nitrogen functional groups attached to an aromatic ring is 1. The van der Waals surface area contributed by atoms with Crippen LogP contribution in [0.3, 0.4) is 0 Å². The fourth-order valence-electron chi connectivity index (χ4n) is 3.17. The SMILES string of the molecule is Cc1ccc(O)c(C)c1-n1c(N)c(C(N)=O)c2c(=O)n(CF)c(C)nc21. The highest BCUT2D eigenvalue weighted by atomic mass is 19.1. The molecule has 0 atom stereocenters. The summed E-state index contributed by atoms with van der Waals surface area (Å²) >= 11 is 0. The van der Waals surface area contributed by atoms with E-state index < -0.39 is 18.3 Å². The van der Waals surface area contributed by atoms with Gasteiger partial charge >= 0.3 is 0 Å². The summed E-state index contributed by atoms with van der Waals surface area (Å²) in [5, 5.41) is 9.92. The monoisotopic (exact) mass is 359 g/mol. The Bertz CT molecular complexity index is 1130. The number of halogens is 1. The van der Waals surface area contributed by atoms with E-state index in [4.69, 9.17) is 11.5 Å². The summed E-state index contributed by atoms with van der Waals surface area (Å²) in [4.78, 5) is 28.9. The van der Waals surface area contributed by atoms with Gasteiger partial charge < -0.3 is 16.6 Å². The topological polar surface area (TPSA) is 129 Å². The average molecular weight is 359 g/mol. The predicted octanol–water partition coefficient (Wildman–Crippen LogP) is 1.43. The Kier molecular flexibility index (Phi) is 3.94. The second-order valence-corrected chi connectivity index (χ2v) is 6.05. The van der Waals surface area contributed by atoms with Gasteiger partial charge in [-0.2, -0.15) is 0 Å². The van der Waals surface area contributed by atoms with Crippen molar-refractivity contribution in [2.45, 2.75) is 27.6 Å². The maximum absolute atomic E-state index is 13.3. The van der Waals surface area contributed by atoms with Crippen molar-refractivity contribution >= 4 is 22.8 Å². The molecule has 0 unspecified atom stereocenters. The number of primary amides is 1. The van der Waals surface area contributed by atoms with Crippen LogP contribution in [0.15, 0.2) is 16.9 Å². The number of aromatic hydroxyl groups is 1. The van der Waals surface area contributed by atoms with E-state index in [0.29, 0.717) is 11.3 Å². The van der Waals surface area contributed by atoms with Crippen LogP contribution < -0.4 is 17.0 Å². The Balaban J connectivity index is 2.62. The number of phenolic OH excluding ortho intramolecular Hbond substituents is 1. The first-order chi connectivity index (χ1) is 12.2. The summed E-state index contributed by atoms with van der Waals surface area (Å²) in [6, 6.07) is 3.20. The first-order valence-corrected chi connectivity index (χ1v) is 7.77. The van der Waals surface area contributed by atoms with E-state index in [0.717, 1.165) is 10.1 Å². The van der Waals surface area contributed by atoms with Crippen molar-refractivity contribution < 1.29 is 14.3 Å². The standard InChI is InChI=1S/C17H18FN5O3/c1-7-4-5-10(24)8(2)13(7)23-14(19)11(15(20)25)12-16(23)21-9(3)22(6-18)17(12)26/h4-5,24H,6,19H2,1-3H3,(H2,20,25). The number of aryl methyl sites for hydroxylation is 2. The van der Waals surface area contributed by atoms with E-state index in [1.54, 1.807) is 19.9 Å². The molecule has 5 N–H and O–H groups in total. The summed E-state index contributed by atoms with van der Waals surface area (Å²) in [7, 11) is 0. The first kappa shape index (κ1) is 17.5. The quantitative estimate of drug-likeness (QED) is 0.651. The zero-order chi connectivity index (χ0) is 19.3. The molecule has 2 aromatic heterocycles. The number of hydrogen-bond donors (Lipinski definition) is 3. The molecule has 1 amide bonds. The molecule has 0 spiro atoms. The molecule has 9 heteroatoms. The Morgan fingerprint density at radius 1 is 1.31 bits per heavy atom. The number of alkyl halides is 1. The van der Waals surface area contributed by atoms with Crippen LogP contribution in [0.5, 0.6) is 5.75 Å². The minimum Gasteiger partial charge on any atom is -0.508 e. The summed E-state index contributed by atoms with van der Waals surface area (Å²) in [5.41, 5.74) is 12.4. The van der Waals surface area contributed by atoms with Crippen molar-refractivity contribution in [2.75, 3.05) is 5.73 Å². The number of rotatable bonds is 3. The van der Waals surface area contributed by atoms with E-state index in [1.165, 1.54) is 17.6 Å². The normalized spacial score (nSPS) is 11.2. The molecule has 0 radical (unpaired) electrons. The largest absolute Gasteiger partial charge is 0.508 e. The zero-order valence-corrected chi connectivity index (χ0v) is 14.5. The summed E-state index contributed by atoms with van der Waals surface area (Å²) < 4.78 is 15.4. The van der Waals surface area contributed by atoms with Gasteiger partial charge in [0.25, 0.3) is 11.5 Å². The lowest BCUT2D eigenvalue weighted by molar-refractivity contribution is 0.100. The van der Waals surface area contributed by atoms with Crippen LogP contribution in [0.25, 0.3) is 16.7 Å². The number of fused-ring (bicyclic) bond motifs is 1. The van der Waals surface area contributed by atoms with Gasteiger partial charge in [-0.15, -0.1) is 0 Å². The Labute approximate surface area is 147 Å². The van der Waals surface area contributed by atoms with Gasteiger partial charge in [-0.1, -0.05) is 6.07 Å². The van der Waals surface area contributed by atoms with Gasteiger partial charge in [-0.3, -0.25) is 18.7 Å². The van der Waals surface area contributed by atoms with Gasteiger partial charge in [0.2, 0.25) is 0 Å². The molecule has 0 aliphatic rings. The zero-order valence-electron chi connectivity index (χ0n) is 14.5. The molecule has 2 heterocycles. The van der Waals surface area contributed by atoms with Crippen LogP contribution in [-0.4, -0.2) is 25.1 Å². The van der Waals surface area contributed by atoms with E-state index in [-0.39, 0.29) is 34.0 Å². The summed E-state index contributed by atoms with van der Waals surface area (Å²) in [6.07, 6.45) is 0. The van der Waals surface area contributed by atoms with Crippen LogP contribution in [0, 0.1) is 20.8 Å². The van der Waals surface area contributed by atoms with E-state index in [2.05, 4.69) is 4.98 Å². The molecule has 0 saturated heterocycles. The molecular formula is C17H18FN5O3. The number of aromatic nitrogens is 3. The van der Waals surface area contributed by atoms with Crippen molar-refractivity contribution in [3.63, 3.8) is 0 Å². The second kappa shape index (κ2) is 5.87. The fourth-order valence-corrected chi connectivity index (χ4v) is 3.17. The lowest BCUT2D eigenvalue weighted by Crippen LogP contribution is -2.24. The van der Waals surface area contributed by atoms with Crippen LogP contribution >= 0.6 is 0 Å². The lowest BCUT2D eigenvalue weighted by atomic mass is 10.1. The number of anilines is 1. The number of benzene rings is 1. The number of nitrogens with two attached hydrogens (primary N) is 2. The molecule has 0 aliphatic heterocycles. The molecule has 0 saturated carbocycles. The molecule has 136 valence electrons. The van der Waals surface area contributed by atoms with Gasteiger partial charge in [0, 0.05) is 5.56 Å². The van der Waals surface area contributed by atoms with Crippen LogP contribution in [0.4, 0.5) is 10.2 Å². The number of carbonyl (C=O) groups is 1. The van der Waals surface area contributed by atoms with Gasteiger partial charge in [0.05, 0.1) is 16.6 Å². The molecule has 3 aromatic rings. The molecule has 8 nitrogen and oxygen atoms in total. The lowest BCUT2D eigenvalue weighted by Gasteiger charge is -2.15. The third kappa shape index (κ3) is 2.24. The van der Waals surface area contributed by atoms with Crippen molar-refractivity contribution in [3.8, 4) is 11.4 Å². The average Bonchev–Trinajstić information content (AvgIpc) is 2.85. The molecule has 1 aromatic carbocycles. The van der Waals surface area contributed by atoms with E-state index >= 15 is 0 Å². The predicted molar refractivity (Wildman–Crippen MR) is 95.2 cm³/mol. The maximum atomic E-state index is 13.3. The number of phenols is 1. The third-order valence-electron chi connectivity index (χ3n) is 4.49. The minimum atomic E-state index is -1.10. The molecular weight excluding hydrogens is 341 g/mol. The van der Waals surface area contributed by atoms with Crippen molar-refractivity contribution in [1.82, 2.24) is 14.1 Å². The van der Waals surface area contributed by atoms with Crippen LogP contribution in [0.1, 0.15) is 27.3 Å². The third-order valence-corrected chi connectivity index (χ3v) is 4.49. The van der Waals surface area contributed by atoms with Gasteiger partial charge in [-0.05, 0) is 32.4 Å². The van der Waals surface area contributed by atoms with E-state index in [1.807, 2.05) is 0 Å². The van der Waals surface area contributed by atoms with Crippen molar-refractivity contribution in [1.29, 1.82) is 0 Å². The maximum Gasteiger partial charge on any atom is 0.266 e.